The number of carbonyl (C=O) groups excluding carboxylic acids is 1. The minimum absolute atomic E-state index is 0.160. The van der Waals surface area contributed by atoms with Gasteiger partial charge >= 0.3 is 0 Å². The van der Waals surface area contributed by atoms with Gasteiger partial charge in [0.15, 0.2) is 0 Å². The van der Waals surface area contributed by atoms with Crippen molar-refractivity contribution in [3.8, 4) is 11.1 Å². The molecule has 4 aliphatic carbocycles. The van der Waals surface area contributed by atoms with E-state index in [2.05, 4.69) is 39.9 Å². The Balaban J connectivity index is 1.23. The molecule has 0 unspecified atom stereocenters. The first-order valence-electron chi connectivity index (χ1n) is 11.5. The standard InChI is InChI=1S/C25H30N4O2/c26-21-20(22(30)29-23-5-8-24(31,9-6-23)10-7-23)11-17(13-28-21)16-1-3-18(4-2-16)25-12-19(25)14-27-15-25/h1-4,11,13,19,27,31H,5-10,12,14-15H2,(H2,26,28)(H,29,30)/t19-,23?,24?,25+/m1/s1. The highest BCUT2D eigenvalue weighted by Crippen LogP contribution is 2.56. The van der Waals surface area contributed by atoms with Crippen LogP contribution in [0.4, 0.5) is 5.82 Å². The van der Waals surface area contributed by atoms with Crippen LogP contribution in [0, 0.1) is 5.92 Å². The number of pyridine rings is 1. The lowest BCUT2D eigenvalue weighted by atomic mass is 9.63. The number of hydrogen-bond acceptors (Lipinski definition) is 5. The summed E-state index contributed by atoms with van der Waals surface area (Å²) < 4.78 is 0. The molecule has 0 spiro atoms. The molecule has 162 valence electrons. The van der Waals surface area contributed by atoms with E-state index in [1.165, 1.54) is 12.0 Å². The molecule has 1 aliphatic heterocycles. The lowest BCUT2D eigenvalue weighted by Crippen LogP contribution is -2.58. The Labute approximate surface area is 182 Å². The molecule has 2 aromatic rings. The summed E-state index contributed by atoms with van der Waals surface area (Å²) in [4.78, 5) is 17.5. The maximum absolute atomic E-state index is 13.2. The third-order valence-electron chi connectivity index (χ3n) is 8.60. The molecule has 1 aromatic heterocycles. The van der Waals surface area contributed by atoms with E-state index in [1.54, 1.807) is 6.20 Å². The van der Waals surface area contributed by atoms with Crippen molar-refractivity contribution >= 4 is 11.7 Å². The lowest BCUT2D eigenvalue weighted by Gasteiger charge is -2.51. The van der Waals surface area contributed by atoms with Crippen molar-refractivity contribution in [1.82, 2.24) is 15.6 Å². The molecule has 6 nitrogen and oxygen atoms in total. The summed E-state index contributed by atoms with van der Waals surface area (Å²) >= 11 is 0. The van der Waals surface area contributed by atoms with Crippen molar-refractivity contribution in [3.63, 3.8) is 0 Å². The number of rotatable bonds is 4. The van der Waals surface area contributed by atoms with Crippen LogP contribution in [-0.2, 0) is 5.41 Å². The number of carbonyl (C=O) groups is 1. The fourth-order valence-electron chi connectivity index (χ4n) is 6.26. The summed E-state index contributed by atoms with van der Waals surface area (Å²) in [5, 5.41) is 17.2. The molecular formula is C25H30N4O2. The van der Waals surface area contributed by atoms with Crippen LogP contribution < -0.4 is 16.4 Å². The Bertz CT molecular complexity index is 1030. The maximum Gasteiger partial charge on any atom is 0.255 e. The van der Waals surface area contributed by atoms with Gasteiger partial charge in [-0.25, -0.2) is 4.98 Å². The lowest BCUT2D eigenvalue weighted by molar-refractivity contribution is -0.0702. The van der Waals surface area contributed by atoms with Crippen LogP contribution in [0.3, 0.4) is 0 Å². The smallest absolute Gasteiger partial charge is 0.255 e. The molecule has 2 bridgehead atoms. The van der Waals surface area contributed by atoms with E-state index in [0.717, 1.165) is 68.7 Å². The highest BCUT2D eigenvalue weighted by Gasteiger charge is 2.57. The number of hydrogen-bond donors (Lipinski definition) is 4. The first-order valence-corrected chi connectivity index (χ1v) is 11.5. The quantitative estimate of drug-likeness (QED) is 0.612. The van der Waals surface area contributed by atoms with E-state index in [0.29, 0.717) is 11.0 Å². The van der Waals surface area contributed by atoms with Gasteiger partial charge in [0.1, 0.15) is 5.82 Å². The zero-order valence-electron chi connectivity index (χ0n) is 17.8. The Morgan fingerprint density at radius 2 is 1.81 bits per heavy atom. The van der Waals surface area contributed by atoms with Gasteiger partial charge in [0.05, 0.1) is 11.2 Å². The number of piperidine rings is 1. The zero-order chi connectivity index (χ0) is 21.3. The number of nitrogens with one attached hydrogen (secondary N) is 2. The van der Waals surface area contributed by atoms with Crippen LogP contribution >= 0.6 is 0 Å². The number of nitrogen functional groups attached to an aromatic ring is 1. The highest BCUT2D eigenvalue weighted by atomic mass is 16.3. The van der Waals surface area contributed by atoms with E-state index in [-0.39, 0.29) is 17.3 Å². The third-order valence-corrected chi connectivity index (χ3v) is 8.60. The number of aromatic nitrogens is 1. The largest absolute Gasteiger partial charge is 0.390 e. The molecule has 1 amide bonds. The number of amides is 1. The number of fused-ring (bicyclic) bond motifs is 4. The van der Waals surface area contributed by atoms with Gasteiger partial charge in [-0.2, -0.15) is 0 Å². The molecule has 1 saturated heterocycles. The predicted octanol–water partition coefficient (Wildman–Crippen LogP) is 2.76. The number of nitrogens with two attached hydrogens (primary N) is 1. The molecule has 4 saturated carbocycles. The van der Waals surface area contributed by atoms with Crippen LogP contribution in [0.15, 0.2) is 36.5 Å². The summed E-state index contributed by atoms with van der Waals surface area (Å²) in [6.07, 6.45) is 7.76. The van der Waals surface area contributed by atoms with Crippen LogP contribution in [-0.4, -0.2) is 40.2 Å². The van der Waals surface area contributed by atoms with E-state index in [1.807, 2.05) is 6.07 Å². The van der Waals surface area contributed by atoms with Crippen molar-refractivity contribution in [1.29, 1.82) is 0 Å². The van der Waals surface area contributed by atoms with E-state index < -0.39 is 5.60 Å². The average molecular weight is 419 g/mol. The summed E-state index contributed by atoms with van der Waals surface area (Å²) in [6, 6.07) is 10.6. The normalized spacial score (nSPS) is 35.6. The molecule has 6 heteroatoms. The van der Waals surface area contributed by atoms with Crippen LogP contribution in [0.2, 0.25) is 0 Å². The third kappa shape index (κ3) is 3.07. The van der Waals surface area contributed by atoms with Gasteiger partial charge in [0.25, 0.3) is 5.91 Å². The Hall–Kier alpha value is -2.44. The maximum atomic E-state index is 13.2. The van der Waals surface area contributed by atoms with E-state index >= 15 is 0 Å². The fourth-order valence-corrected chi connectivity index (χ4v) is 6.26. The number of benzene rings is 1. The summed E-state index contributed by atoms with van der Waals surface area (Å²) in [5.74, 6) is 0.878. The second-order valence-corrected chi connectivity index (χ2v) is 10.4. The van der Waals surface area contributed by atoms with Crippen LogP contribution in [0.5, 0.6) is 0 Å². The first kappa shape index (κ1) is 19.3. The van der Waals surface area contributed by atoms with Gasteiger partial charge in [0.2, 0.25) is 0 Å². The molecule has 2 atom stereocenters. The van der Waals surface area contributed by atoms with Gasteiger partial charge in [0, 0.05) is 29.3 Å². The molecule has 0 radical (unpaired) electrons. The van der Waals surface area contributed by atoms with Crippen LogP contribution in [0.25, 0.3) is 11.1 Å². The van der Waals surface area contributed by atoms with Crippen molar-refractivity contribution in [2.75, 3.05) is 18.8 Å². The van der Waals surface area contributed by atoms with Gasteiger partial charge < -0.3 is 21.5 Å². The van der Waals surface area contributed by atoms with Gasteiger partial charge in [-0.1, -0.05) is 24.3 Å². The SMILES string of the molecule is Nc1ncc(-c2ccc([C@]34CNC[C@H]3C4)cc2)cc1C(=O)NC12CCC(O)(CC1)CC2. The highest BCUT2D eigenvalue weighted by molar-refractivity contribution is 5.99. The molecule has 5 aliphatic rings. The van der Waals surface area contributed by atoms with E-state index in [4.69, 9.17) is 5.73 Å². The number of anilines is 1. The van der Waals surface area contributed by atoms with Crippen molar-refractivity contribution in [2.24, 2.45) is 5.92 Å². The first-order chi connectivity index (χ1) is 14.9. The molecule has 7 rings (SSSR count). The second-order valence-electron chi connectivity index (χ2n) is 10.4. The van der Waals surface area contributed by atoms with Crippen LogP contribution in [0.1, 0.15) is 60.9 Å². The minimum atomic E-state index is -0.520. The van der Waals surface area contributed by atoms with Gasteiger partial charge in [-0.05, 0) is 74.6 Å². The minimum Gasteiger partial charge on any atom is -0.390 e. The summed E-state index contributed by atoms with van der Waals surface area (Å²) in [7, 11) is 0. The fraction of sp³-hybridized carbons (Fsp3) is 0.520. The average Bonchev–Trinajstić information content (AvgIpc) is 3.35. The predicted molar refractivity (Wildman–Crippen MR) is 120 cm³/mol. The van der Waals surface area contributed by atoms with Gasteiger partial charge in [-0.3, -0.25) is 4.79 Å². The zero-order valence-corrected chi connectivity index (χ0v) is 17.8. The molecule has 5 fully saturated rings. The summed E-state index contributed by atoms with van der Waals surface area (Å²) in [6.45, 7) is 2.20. The van der Waals surface area contributed by atoms with Crippen molar-refractivity contribution in [2.45, 2.75) is 61.5 Å². The second kappa shape index (κ2) is 6.53. The number of nitrogens with zero attached hydrogens (tertiary/aromatic N) is 1. The van der Waals surface area contributed by atoms with Crippen molar-refractivity contribution in [3.05, 3.63) is 47.7 Å². The van der Waals surface area contributed by atoms with Gasteiger partial charge in [-0.15, -0.1) is 0 Å². The molecule has 5 N–H and O–H groups in total. The van der Waals surface area contributed by atoms with E-state index in [9.17, 15) is 9.90 Å². The summed E-state index contributed by atoms with van der Waals surface area (Å²) in [5.41, 5.74) is 9.48. The number of aliphatic hydroxyl groups is 1. The topological polar surface area (TPSA) is 100 Å². The molecule has 31 heavy (non-hydrogen) atoms. The molecular weight excluding hydrogens is 388 g/mol. The Morgan fingerprint density at radius 3 is 2.42 bits per heavy atom. The van der Waals surface area contributed by atoms with Crippen molar-refractivity contribution < 1.29 is 9.90 Å². The Morgan fingerprint density at radius 1 is 1.10 bits per heavy atom. The Kier molecular flexibility index (Phi) is 4.06. The molecule has 1 aromatic carbocycles. The molecule has 2 heterocycles. The monoisotopic (exact) mass is 418 g/mol.